The topological polar surface area (TPSA) is 47.4 Å². The van der Waals surface area contributed by atoms with E-state index in [1.807, 2.05) is 18.3 Å². The van der Waals surface area contributed by atoms with Gasteiger partial charge in [-0.3, -0.25) is 4.98 Å². The first-order valence-electron chi connectivity index (χ1n) is 10.9. The average Bonchev–Trinajstić information content (AvgIpc) is 3.42. The number of hydrogen-bond donors (Lipinski definition) is 0. The fourth-order valence-corrected chi connectivity index (χ4v) is 5.02. The SMILES string of the molecule is c1ccc(-c2cc(C3=N[C@@H]4c5ccccc5C[C@@H]4O3)nc3c2ccc2cccnc23)cc1. The molecule has 3 heterocycles. The van der Waals surface area contributed by atoms with Crippen molar-refractivity contribution in [3.63, 3.8) is 0 Å². The number of nitrogens with zero attached hydrogens (tertiary/aromatic N) is 3. The van der Waals surface area contributed by atoms with Crippen LogP contribution in [0.1, 0.15) is 22.9 Å². The van der Waals surface area contributed by atoms with Crippen LogP contribution in [0.25, 0.3) is 32.9 Å². The van der Waals surface area contributed by atoms with Gasteiger partial charge in [-0.05, 0) is 34.4 Å². The molecule has 3 aromatic carbocycles. The number of aliphatic imine (C=N–C) groups is 1. The highest BCUT2D eigenvalue weighted by atomic mass is 16.5. The Kier molecular flexibility index (Phi) is 3.70. The lowest BCUT2D eigenvalue weighted by atomic mass is 9.98. The second kappa shape index (κ2) is 6.72. The summed E-state index contributed by atoms with van der Waals surface area (Å²) in [5, 5.41) is 2.15. The second-order valence-corrected chi connectivity index (χ2v) is 8.40. The van der Waals surface area contributed by atoms with E-state index < -0.39 is 0 Å². The molecule has 1 aliphatic carbocycles. The zero-order valence-corrected chi connectivity index (χ0v) is 17.3. The van der Waals surface area contributed by atoms with Crippen LogP contribution in [0.4, 0.5) is 0 Å². The Bertz CT molecular complexity index is 1540. The fourth-order valence-electron chi connectivity index (χ4n) is 5.02. The monoisotopic (exact) mass is 413 g/mol. The molecule has 152 valence electrons. The van der Waals surface area contributed by atoms with Gasteiger partial charge in [0.05, 0.1) is 11.0 Å². The Balaban J connectivity index is 1.46. The maximum atomic E-state index is 6.37. The minimum atomic E-state index is 0.0458. The molecule has 0 saturated carbocycles. The number of rotatable bonds is 2. The molecule has 2 aliphatic rings. The Morgan fingerprint density at radius 3 is 2.62 bits per heavy atom. The highest BCUT2D eigenvalue weighted by Gasteiger charge is 2.40. The van der Waals surface area contributed by atoms with E-state index in [1.54, 1.807) is 0 Å². The molecule has 32 heavy (non-hydrogen) atoms. The summed E-state index contributed by atoms with van der Waals surface area (Å²) >= 11 is 0. The van der Waals surface area contributed by atoms with Gasteiger partial charge < -0.3 is 4.74 Å². The number of aromatic nitrogens is 2. The van der Waals surface area contributed by atoms with Gasteiger partial charge in [-0.15, -0.1) is 0 Å². The zero-order valence-electron chi connectivity index (χ0n) is 17.3. The number of fused-ring (bicyclic) bond motifs is 6. The molecule has 0 spiro atoms. The molecule has 1 aliphatic heterocycles. The molecule has 2 atom stereocenters. The van der Waals surface area contributed by atoms with Crippen LogP contribution in [0.15, 0.2) is 96.1 Å². The maximum absolute atomic E-state index is 6.37. The third-order valence-corrected chi connectivity index (χ3v) is 6.52. The Morgan fingerprint density at radius 2 is 1.69 bits per heavy atom. The third-order valence-electron chi connectivity index (χ3n) is 6.52. The maximum Gasteiger partial charge on any atom is 0.236 e. The largest absolute Gasteiger partial charge is 0.470 e. The summed E-state index contributed by atoms with van der Waals surface area (Å²) in [6.45, 7) is 0. The van der Waals surface area contributed by atoms with Crippen LogP contribution in [0, 0.1) is 0 Å². The molecule has 0 saturated heterocycles. The Hall–Kier alpha value is -4.05. The van der Waals surface area contributed by atoms with E-state index in [2.05, 4.69) is 77.8 Å². The molecule has 0 unspecified atom stereocenters. The lowest BCUT2D eigenvalue weighted by molar-refractivity contribution is 0.206. The van der Waals surface area contributed by atoms with Crippen molar-refractivity contribution in [3.8, 4) is 11.1 Å². The van der Waals surface area contributed by atoms with Gasteiger partial charge in [0.1, 0.15) is 17.8 Å². The predicted octanol–water partition coefficient (Wildman–Crippen LogP) is 5.89. The van der Waals surface area contributed by atoms with Crippen LogP contribution in [0.2, 0.25) is 0 Å². The van der Waals surface area contributed by atoms with E-state index in [1.165, 1.54) is 11.1 Å². The second-order valence-electron chi connectivity index (χ2n) is 8.40. The van der Waals surface area contributed by atoms with Crippen molar-refractivity contribution in [3.05, 3.63) is 108 Å². The number of pyridine rings is 2. The molecule has 4 heteroatoms. The zero-order chi connectivity index (χ0) is 21.1. The van der Waals surface area contributed by atoms with Crippen LogP contribution < -0.4 is 0 Å². The van der Waals surface area contributed by atoms with Gasteiger partial charge >= 0.3 is 0 Å². The highest BCUT2D eigenvalue weighted by Crippen LogP contribution is 2.41. The lowest BCUT2D eigenvalue weighted by Crippen LogP contribution is -2.14. The van der Waals surface area contributed by atoms with E-state index in [0.717, 1.165) is 45.0 Å². The van der Waals surface area contributed by atoms with Gasteiger partial charge in [-0.1, -0.05) is 72.8 Å². The van der Waals surface area contributed by atoms with Crippen molar-refractivity contribution in [2.75, 3.05) is 0 Å². The predicted molar refractivity (Wildman–Crippen MR) is 127 cm³/mol. The van der Waals surface area contributed by atoms with Crippen molar-refractivity contribution >= 4 is 27.7 Å². The molecule has 4 nitrogen and oxygen atoms in total. The molecule has 7 rings (SSSR count). The van der Waals surface area contributed by atoms with Gasteiger partial charge in [-0.25, -0.2) is 9.98 Å². The lowest BCUT2D eigenvalue weighted by Gasteiger charge is -2.13. The van der Waals surface area contributed by atoms with Crippen molar-refractivity contribution in [1.82, 2.24) is 9.97 Å². The molecule has 2 aromatic heterocycles. The Morgan fingerprint density at radius 1 is 0.812 bits per heavy atom. The Labute approximate surface area is 185 Å². The molecule has 5 aromatic rings. The van der Waals surface area contributed by atoms with Crippen LogP contribution >= 0.6 is 0 Å². The van der Waals surface area contributed by atoms with E-state index in [0.29, 0.717) is 5.90 Å². The molecular formula is C28H19N3O. The van der Waals surface area contributed by atoms with E-state index in [4.69, 9.17) is 14.7 Å². The van der Waals surface area contributed by atoms with E-state index >= 15 is 0 Å². The van der Waals surface area contributed by atoms with Crippen LogP contribution in [0.3, 0.4) is 0 Å². The fraction of sp³-hybridized carbons (Fsp3) is 0.107. The molecule has 0 bridgehead atoms. The van der Waals surface area contributed by atoms with Crippen molar-refractivity contribution in [2.45, 2.75) is 18.6 Å². The first kappa shape index (κ1) is 17.6. The molecule has 0 radical (unpaired) electrons. The summed E-state index contributed by atoms with van der Waals surface area (Å²) in [5.74, 6) is 0.626. The van der Waals surface area contributed by atoms with Crippen LogP contribution in [0.5, 0.6) is 0 Å². The minimum absolute atomic E-state index is 0.0458. The summed E-state index contributed by atoms with van der Waals surface area (Å²) in [7, 11) is 0. The molecule has 0 amide bonds. The van der Waals surface area contributed by atoms with Gasteiger partial charge in [0.25, 0.3) is 0 Å². The number of hydrogen-bond acceptors (Lipinski definition) is 4. The summed E-state index contributed by atoms with van der Waals surface area (Å²) in [4.78, 5) is 14.7. The molecular weight excluding hydrogens is 394 g/mol. The van der Waals surface area contributed by atoms with Gasteiger partial charge in [0.2, 0.25) is 5.90 Å². The average molecular weight is 413 g/mol. The summed E-state index contributed by atoms with van der Waals surface area (Å²) in [6, 6.07) is 29.3. The van der Waals surface area contributed by atoms with E-state index in [-0.39, 0.29) is 12.1 Å². The quantitative estimate of drug-likeness (QED) is 0.339. The third kappa shape index (κ3) is 2.59. The summed E-state index contributed by atoms with van der Waals surface area (Å²) in [6.07, 6.45) is 2.76. The van der Waals surface area contributed by atoms with Gasteiger partial charge in [0, 0.05) is 23.4 Å². The summed E-state index contributed by atoms with van der Waals surface area (Å²) in [5.41, 5.74) is 7.39. The van der Waals surface area contributed by atoms with Crippen LogP contribution in [-0.4, -0.2) is 22.0 Å². The highest BCUT2D eigenvalue weighted by molar-refractivity contribution is 6.10. The van der Waals surface area contributed by atoms with Gasteiger partial charge in [0.15, 0.2) is 0 Å². The normalized spacial score (nSPS) is 18.9. The van der Waals surface area contributed by atoms with E-state index in [9.17, 15) is 0 Å². The first-order valence-corrected chi connectivity index (χ1v) is 10.9. The molecule has 0 N–H and O–H groups in total. The smallest absolute Gasteiger partial charge is 0.236 e. The molecule has 0 fully saturated rings. The first-order chi connectivity index (χ1) is 15.8. The summed E-state index contributed by atoms with van der Waals surface area (Å²) < 4.78 is 6.37. The van der Waals surface area contributed by atoms with Crippen molar-refractivity contribution < 1.29 is 4.74 Å². The number of benzene rings is 3. The standard InChI is InChI=1S/C28H19N3O/c1-2-7-17(8-3-1)22-16-23(30-27-21(22)13-12-18-10-6-14-29-25(18)27)28-31-26-20-11-5-4-9-19(20)15-24(26)32-28/h1-14,16,24,26H,15H2/t24-,26+/m0/s1. The van der Waals surface area contributed by atoms with Crippen molar-refractivity contribution in [2.24, 2.45) is 4.99 Å². The van der Waals surface area contributed by atoms with Gasteiger partial charge in [-0.2, -0.15) is 0 Å². The van der Waals surface area contributed by atoms with Crippen molar-refractivity contribution in [1.29, 1.82) is 0 Å². The number of ether oxygens (including phenoxy) is 1. The van der Waals surface area contributed by atoms with Crippen LogP contribution in [-0.2, 0) is 11.2 Å². The minimum Gasteiger partial charge on any atom is -0.470 e.